The van der Waals surface area contributed by atoms with E-state index in [1.165, 1.54) is 15.5 Å². The number of hydrogen-bond donors (Lipinski definition) is 2. The fourth-order valence-electron chi connectivity index (χ4n) is 3.02. The van der Waals surface area contributed by atoms with Crippen LogP contribution in [0.2, 0.25) is 5.02 Å². The minimum Gasteiger partial charge on any atom is -0.368 e. The summed E-state index contributed by atoms with van der Waals surface area (Å²) in [5.74, 6) is 0. The van der Waals surface area contributed by atoms with Gasteiger partial charge in [-0.15, -0.1) is 0 Å². The lowest BCUT2D eigenvalue weighted by molar-refractivity contribution is 0.587. The number of nitrogens with one attached hydrogen (secondary N) is 2. The zero-order chi connectivity index (χ0) is 15.6. The van der Waals surface area contributed by atoms with E-state index >= 15 is 0 Å². The molecule has 2 N–H and O–H groups in total. The molecule has 1 fully saturated rings. The summed E-state index contributed by atoms with van der Waals surface area (Å²) >= 11 is 8.19. The van der Waals surface area contributed by atoms with E-state index in [9.17, 15) is 0 Å². The van der Waals surface area contributed by atoms with E-state index in [1.54, 1.807) is 11.8 Å². The van der Waals surface area contributed by atoms with Crippen molar-refractivity contribution in [1.29, 1.82) is 0 Å². The van der Waals surface area contributed by atoms with Crippen molar-refractivity contribution >= 4 is 40.0 Å². The number of para-hydroxylation sites is 1. The second-order valence-corrected chi connectivity index (χ2v) is 7.11. The molecule has 5 heteroatoms. The number of H-pyrrole nitrogens is 1. The molecule has 1 aromatic heterocycles. The monoisotopic (exact) mass is 343 g/mol. The van der Waals surface area contributed by atoms with Crippen LogP contribution in [0.4, 0.5) is 5.69 Å². The van der Waals surface area contributed by atoms with Gasteiger partial charge in [-0.1, -0.05) is 41.6 Å². The van der Waals surface area contributed by atoms with Crippen molar-refractivity contribution < 1.29 is 0 Å². The Bertz CT molecular complexity index is 824. The number of aromatic amines is 1. The fraction of sp³-hybridized carbons (Fsp3) is 0.222. The van der Waals surface area contributed by atoms with Gasteiger partial charge in [-0.05, 0) is 24.3 Å². The van der Waals surface area contributed by atoms with Gasteiger partial charge in [0.1, 0.15) is 0 Å². The largest absolute Gasteiger partial charge is 0.368 e. The lowest BCUT2D eigenvalue weighted by Crippen LogP contribution is -2.43. The Morgan fingerprint density at radius 3 is 2.65 bits per heavy atom. The molecule has 0 spiro atoms. The molecule has 0 atom stereocenters. The molecule has 0 bridgehead atoms. The highest BCUT2D eigenvalue weighted by Crippen LogP contribution is 2.40. The molecule has 0 amide bonds. The average molecular weight is 344 g/mol. The SMILES string of the molecule is Clc1cccc2[nH]cc(Sc3ccccc3N3CCNCC3)c12. The van der Waals surface area contributed by atoms with Crippen LogP contribution in [0.25, 0.3) is 10.9 Å². The second-order valence-electron chi connectivity index (χ2n) is 5.62. The summed E-state index contributed by atoms with van der Waals surface area (Å²) in [6, 6.07) is 14.6. The molecule has 1 saturated heterocycles. The lowest BCUT2D eigenvalue weighted by atomic mass is 10.2. The molecule has 3 nitrogen and oxygen atoms in total. The number of aromatic nitrogens is 1. The van der Waals surface area contributed by atoms with E-state index < -0.39 is 0 Å². The third kappa shape index (κ3) is 2.94. The Kier molecular flexibility index (Phi) is 4.21. The third-order valence-corrected chi connectivity index (χ3v) is 5.58. The summed E-state index contributed by atoms with van der Waals surface area (Å²) in [5, 5.41) is 5.31. The van der Waals surface area contributed by atoms with E-state index in [2.05, 4.69) is 51.7 Å². The van der Waals surface area contributed by atoms with Crippen molar-refractivity contribution in [3.8, 4) is 0 Å². The maximum Gasteiger partial charge on any atom is 0.0511 e. The van der Waals surface area contributed by atoms with Gasteiger partial charge in [-0.25, -0.2) is 0 Å². The molecule has 23 heavy (non-hydrogen) atoms. The minimum absolute atomic E-state index is 0.797. The highest BCUT2D eigenvalue weighted by Gasteiger charge is 2.16. The first kappa shape index (κ1) is 14.9. The Balaban J connectivity index is 1.71. The van der Waals surface area contributed by atoms with E-state index in [4.69, 9.17) is 11.6 Å². The molecule has 0 unspecified atom stereocenters. The van der Waals surface area contributed by atoms with Crippen LogP contribution < -0.4 is 10.2 Å². The number of rotatable bonds is 3. The highest BCUT2D eigenvalue weighted by molar-refractivity contribution is 7.99. The molecule has 0 radical (unpaired) electrons. The van der Waals surface area contributed by atoms with Gasteiger partial charge in [0.2, 0.25) is 0 Å². The molecule has 2 heterocycles. The summed E-state index contributed by atoms with van der Waals surface area (Å²) in [6.45, 7) is 4.17. The van der Waals surface area contributed by atoms with Crippen molar-refractivity contribution in [3.63, 3.8) is 0 Å². The number of hydrogen-bond acceptors (Lipinski definition) is 3. The molecule has 1 aliphatic rings. The van der Waals surface area contributed by atoms with Gasteiger partial charge >= 0.3 is 0 Å². The summed E-state index contributed by atoms with van der Waals surface area (Å²) < 4.78 is 0. The van der Waals surface area contributed by atoms with Crippen LogP contribution in [0.15, 0.2) is 58.5 Å². The van der Waals surface area contributed by atoms with Crippen molar-refractivity contribution in [2.75, 3.05) is 31.1 Å². The number of nitrogens with zero attached hydrogens (tertiary/aromatic N) is 1. The van der Waals surface area contributed by atoms with Gasteiger partial charge in [0, 0.05) is 53.1 Å². The molecule has 0 saturated carbocycles. The lowest BCUT2D eigenvalue weighted by Gasteiger charge is -2.30. The van der Waals surface area contributed by atoms with Gasteiger partial charge in [-0.3, -0.25) is 0 Å². The predicted molar refractivity (Wildman–Crippen MR) is 99.0 cm³/mol. The number of piperazine rings is 1. The first-order chi connectivity index (χ1) is 11.3. The van der Waals surface area contributed by atoms with Crippen LogP contribution in [0.5, 0.6) is 0 Å². The Morgan fingerprint density at radius 2 is 1.78 bits per heavy atom. The maximum atomic E-state index is 6.41. The van der Waals surface area contributed by atoms with Crippen LogP contribution in [-0.4, -0.2) is 31.2 Å². The van der Waals surface area contributed by atoms with E-state index in [0.717, 1.165) is 42.1 Å². The summed E-state index contributed by atoms with van der Waals surface area (Å²) in [7, 11) is 0. The van der Waals surface area contributed by atoms with Gasteiger partial charge < -0.3 is 15.2 Å². The van der Waals surface area contributed by atoms with E-state index in [1.807, 2.05) is 12.1 Å². The first-order valence-corrected chi connectivity index (χ1v) is 9.00. The second kappa shape index (κ2) is 6.48. The van der Waals surface area contributed by atoms with Crippen LogP contribution in [0, 0.1) is 0 Å². The molecule has 118 valence electrons. The smallest absolute Gasteiger partial charge is 0.0511 e. The van der Waals surface area contributed by atoms with Crippen LogP contribution in [-0.2, 0) is 0 Å². The zero-order valence-corrected chi connectivity index (χ0v) is 14.3. The van der Waals surface area contributed by atoms with Crippen LogP contribution in [0.3, 0.4) is 0 Å². The minimum atomic E-state index is 0.797. The van der Waals surface area contributed by atoms with Crippen molar-refractivity contribution in [1.82, 2.24) is 10.3 Å². The van der Waals surface area contributed by atoms with Crippen molar-refractivity contribution in [3.05, 3.63) is 53.7 Å². The predicted octanol–water partition coefficient (Wildman–Crippen LogP) is 4.38. The standard InChI is InChI=1S/C18H18ClN3S/c19-13-4-3-5-14-18(13)17(12-21-14)23-16-7-2-1-6-15(16)22-10-8-20-9-11-22/h1-7,12,20-21H,8-11H2. The van der Waals surface area contributed by atoms with E-state index in [-0.39, 0.29) is 0 Å². The quantitative estimate of drug-likeness (QED) is 0.739. The fourth-order valence-corrected chi connectivity index (χ4v) is 4.48. The summed E-state index contributed by atoms with van der Waals surface area (Å²) in [6.07, 6.45) is 2.05. The molecule has 0 aliphatic carbocycles. The summed E-state index contributed by atoms with van der Waals surface area (Å²) in [4.78, 5) is 8.22. The van der Waals surface area contributed by atoms with Gasteiger partial charge in [0.15, 0.2) is 0 Å². The van der Waals surface area contributed by atoms with Gasteiger partial charge in [-0.2, -0.15) is 0 Å². The highest BCUT2D eigenvalue weighted by atomic mass is 35.5. The molecular formula is C18H18ClN3S. The topological polar surface area (TPSA) is 31.1 Å². The maximum absolute atomic E-state index is 6.41. The molecule has 4 rings (SSSR count). The zero-order valence-electron chi connectivity index (χ0n) is 12.7. The van der Waals surface area contributed by atoms with Crippen LogP contribution >= 0.6 is 23.4 Å². The van der Waals surface area contributed by atoms with Crippen LogP contribution in [0.1, 0.15) is 0 Å². The Labute approximate surface area is 145 Å². The average Bonchev–Trinajstić information content (AvgIpc) is 3.01. The number of anilines is 1. The number of benzene rings is 2. The number of halogens is 1. The molecule has 2 aromatic carbocycles. The first-order valence-electron chi connectivity index (χ1n) is 7.81. The molecule has 3 aromatic rings. The third-order valence-electron chi connectivity index (χ3n) is 4.16. The van der Waals surface area contributed by atoms with Crippen molar-refractivity contribution in [2.24, 2.45) is 0 Å². The molecule has 1 aliphatic heterocycles. The summed E-state index contributed by atoms with van der Waals surface area (Å²) in [5.41, 5.74) is 2.39. The normalized spacial score (nSPS) is 15.3. The molecular weight excluding hydrogens is 326 g/mol. The van der Waals surface area contributed by atoms with E-state index in [0.29, 0.717) is 0 Å². The van der Waals surface area contributed by atoms with Gasteiger partial charge in [0.05, 0.1) is 10.7 Å². The number of fused-ring (bicyclic) bond motifs is 1. The Hall–Kier alpha value is -1.62. The van der Waals surface area contributed by atoms with Crippen molar-refractivity contribution in [2.45, 2.75) is 9.79 Å². The Morgan fingerprint density at radius 1 is 0.957 bits per heavy atom. The van der Waals surface area contributed by atoms with Gasteiger partial charge in [0.25, 0.3) is 0 Å².